The Morgan fingerprint density at radius 2 is 2.07 bits per heavy atom. The minimum atomic E-state index is 0.0130. The molecule has 2 aromatic carbocycles. The molecule has 0 radical (unpaired) electrons. The molecule has 4 rings (SSSR count). The second-order valence-corrected chi connectivity index (χ2v) is 8.91. The van der Waals surface area contributed by atoms with Crippen molar-refractivity contribution in [3.05, 3.63) is 64.7 Å². The topological polar surface area (TPSA) is 32.8 Å². The van der Waals surface area contributed by atoms with E-state index in [2.05, 4.69) is 17.0 Å². The average molecular weight is 417 g/mol. The molecule has 1 amide bonds. The third-order valence-electron chi connectivity index (χ3n) is 5.30. The van der Waals surface area contributed by atoms with Crippen LogP contribution in [0.1, 0.15) is 29.3 Å². The van der Waals surface area contributed by atoms with Gasteiger partial charge in [0.15, 0.2) is 0 Å². The van der Waals surface area contributed by atoms with Crippen LogP contribution < -0.4 is 4.74 Å². The van der Waals surface area contributed by atoms with Crippen molar-refractivity contribution in [2.24, 2.45) is 0 Å². The highest BCUT2D eigenvalue weighted by Crippen LogP contribution is 2.41. The molecule has 2 aromatic rings. The molecular weight excluding hydrogens is 392 g/mol. The van der Waals surface area contributed by atoms with Crippen LogP contribution in [0.5, 0.6) is 5.75 Å². The standard InChI is InChI=1S/C22H25ClN2O2S/c1-27-18-6-4-5-16(13-18)14-24(17-9-10-17)15-21(26)25-11-12-28-22(25)19-7-2-3-8-20(19)23/h2-8,13,17,22H,9-12,14-15H2,1H3/t22-/m1/s1. The van der Waals surface area contributed by atoms with E-state index < -0.39 is 0 Å². The normalized spacial score (nSPS) is 19.2. The molecule has 1 aliphatic heterocycles. The van der Waals surface area contributed by atoms with Crippen molar-refractivity contribution in [1.29, 1.82) is 0 Å². The highest BCUT2D eigenvalue weighted by molar-refractivity contribution is 7.99. The maximum atomic E-state index is 13.2. The summed E-state index contributed by atoms with van der Waals surface area (Å²) in [5.41, 5.74) is 2.21. The number of methoxy groups -OCH3 is 1. The summed E-state index contributed by atoms with van der Waals surface area (Å²) >= 11 is 8.19. The predicted octanol–water partition coefficient (Wildman–Crippen LogP) is 4.59. The van der Waals surface area contributed by atoms with Crippen LogP contribution in [0.4, 0.5) is 0 Å². The van der Waals surface area contributed by atoms with Crippen LogP contribution in [0.25, 0.3) is 0 Å². The lowest BCUT2D eigenvalue weighted by Gasteiger charge is -2.29. The summed E-state index contributed by atoms with van der Waals surface area (Å²) in [4.78, 5) is 17.5. The minimum absolute atomic E-state index is 0.0130. The van der Waals surface area contributed by atoms with Crippen molar-refractivity contribution >= 4 is 29.3 Å². The second kappa shape index (κ2) is 8.76. The summed E-state index contributed by atoms with van der Waals surface area (Å²) in [5, 5.41) is 0.745. The van der Waals surface area contributed by atoms with E-state index in [-0.39, 0.29) is 11.3 Å². The molecule has 28 heavy (non-hydrogen) atoms. The zero-order valence-corrected chi connectivity index (χ0v) is 17.6. The van der Waals surface area contributed by atoms with Crippen molar-refractivity contribution in [2.75, 3.05) is 26.0 Å². The van der Waals surface area contributed by atoms with Crippen molar-refractivity contribution < 1.29 is 9.53 Å². The molecule has 148 valence electrons. The quantitative estimate of drug-likeness (QED) is 0.661. The Balaban J connectivity index is 1.46. The molecule has 4 nitrogen and oxygen atoms in total. The van der Waals surface area contributed by atoms with E-state index >= 15 is 0 Å². The maximum absolute atomic E-state index is 13.2. The Hall–Kier alpha value is -1.69. The van der Waals surface area contributed by atoms with Gasteiger partial charge in [0.25, 0.3) is 0 Å². The molecule has 6 heteroatoms. The smallest absolute Gasteiger partial charge is 0.237 e. The van der Waals surface area contributed by atoms with Gasteiger partial charge < -0.3 is 9.64 Å². The van der Waals surface area contributed by atoms with Gasteiger partial charge in [0.05, 0.1) is 13.7 Å². The largest absolute Gasteiger partial charge is 0.497 e. The predicted molar refractivity (Wildman–Crippen MR) is 115 cm³/mol. The second-order valence-electron chi connectivity index (χ2n) is 7.32. The highest BCUT2D eigenvalue weighted by Gasteiger charge is 2.35. The van der Waals surface area contributed by atoms with Crippen molar-refractivity contribution in [1.82, 2.24) is 9.80 Å². The summed E-state index contributed by atoms with van der Waals surface area (Å²) in [6.07, 6.45) is 2.33. The lowest BCUT2D eigenvalue weighted by molar-refractivity contribution is -0.132. The zero-order chi connectivity index (χ0) is 19.5. The van der Waals surface area contributed by atoms with Gasteiger partial charge in [-0.3, -0.25) is 9.69 Å². The molecule has 1 saturated carbocycles. The van der Waals surface area contributed by atoms with E-state index in [1.165, 1.54) is 18.4 Å². The number of nitrogens with zero attached hydrogens (tertiary/aromatic N) is 2. The van der Waals surface area contributed by atoms with Crippen LogP contribution in [0.15, 0.2) is 48.5 Å². The molecule has 0 N–H and O–H groups in total. The molecule has 0 bridgehead atoms. The van der Waals surface area contributed by atoms with Gasteiger partial charge in [0, 0.05) is 35.5 Å². The van der Waals surface area contributed by atoms with Crippen LogP contribution in [-0.2, 0) is 11.3 Å². The fourth-order valence-corrected chi connectivity index (χ4v) is 5.30. The van der Waals surface area contributed by atoms with Gasteiger partial charge in [-0.2, -0.15) is 0 Å². The number of ether oxygens (including phenoxy) is 1. The van der Waals surface area contributed by atoms with Crippen LogP contribution >= 0.6 is 23.4 Å². The molecule has 1 aliphatic carbocycles. The Kier molecular flexibility index (Phi) is 6.14. The van der Waals surface area contributed by atoms with Crippen LogP contribution in [0.2, 0.25) is 5.02 Å². The first-order chi connectivity index (χ1) is 13.7. The first-order valence-electron chi connectivity index (χ1n) is 9.68. The van der Waals surface area contributed by atoms with Crippen molar-refractivity contribution in [2.45, 2.75) is 30.8 Å². The number of thioether (sulfide) groups is 1. The first-order valence-corrected chi connectivity index (χ1v) is 11.1. The van der Waals surface area contributed by atoms with E-state index in [0.29, 0.717) is 12.6 Å². The van der Waals surface area contributed by atoms with Crippen molar-refractivity contribution in [3.8, 4) is 5.75 Å². The van der Waals surface area contributed by atoms with Crippen LogP contribution in [-0.4, -0.2) is 47.7 Å². The summed E-state index contributed by atoms with van der Waals surface area (Å²) in [7, 11) is 1.68. The lowest BCUT2D eigenvalue weighted by Crippen LogP contribution is -2.40. The molecular formula is C22H25ClN2O2S. The van der Waals surface area contributed by atoms with Gasteiger partial charge in [0.2, 0.25) is 5.91 Å². The maximum Gasteiger partial charge on any atom is 0.237 e. The fourth-order valence-electron chi connectivity index (χ4n) is 3.68. The number of carbonyl (C=O) groups is 1. The van der Waals surface area contributed by atoms with E-state index in [9.17, 15) is 4.79 Å². The van der Waals surface area contributed by atoms with E-state index in [4.69, 9.17) is 16.3 Å². The SMILES string of the molecule is COc1cccc(CN(CC(=O)N2CCS[C@@H]2c2ccccc2Cl)C2CC2)c1. The van der Waals surface area contributed by atoms with Crippen LogP contribution in [0, 0.1) is 0 Å². The average Bonchev–Trinajstić information content (AvgIpc) is 3.44. The highest BCUT2D eigenvalue weighted by atomic mass is 35.5. The molecule has 0 spiro atoms. The molecule has 1 saturated heterocycles. The van der Waals surface area contributed by atoms with Gasteiger partial charge >= 0.3 is 0 Å². The summed E-state index contributed by atoms with van der Waals surface area (Å²) in [6.45, 7) is 1.99. The van der Waals surface area contributed by atoms with Crippen molar-refractivity contribution in [3.63, 3.8) is 0 Å². The number of benzene rings is 2. The number of carbonyl (C=O) groups excluding carboxylic acids is 1. The lowest BCUT2D eigenvalue weighted by atomic mass is 10.2. The van der Waals surface area contributed by atoms with Gasteiger partial charge in [-0.05, 0) is 36.6 Å². The third kappa shape index (κ3) is 4.48. The monoisotopic (exact) mass is 416 g/mol. The molecule has 0 unspecified atom stereocenters. The Labute approximate surface area is 175 Å². The van der Waals surface area contributed by atoms with Gasteiger partial charge in [-0.15, -0.1) is 11.8 Å². The van der Waals surface area contributed by atoms with E-state index in [0.717, 1.165) is 35.2 Å². The molecule has 1 heterocycles. The summed E-state index contributed by atoms with van der Waals surface area (Å²) < 4.78 is 5.34. The number of amides is 1. The first kappa shape index (κ1) is 19.6. The summed E-state index contributed by atoms with van der Waals surface area (Å²) in [6, 6.07) is 16.5. The molecule has 0 aromatic heterocycles. The van der Waals surface area contributed by atoms with E-state index in [1.807, 2.05) is 41.3 Å². The van der Waals surface area contributed by atoms with E-state index in [1.54, 1.807) is 18.9 Å². The molecule has 2 aliphatic rings. The minimum Gasteiger partial charge on any atom is -0.497 e. The van der Waals surface area contributed by atoms with Gasteiger partial charge in [-0.1, -0.05) is 41.9 Å². The Bertz CT molecular complexity index is 843. The Morgan fingerprint density at radius 1 is 1.25 bits per heavy atom. The molecule has 1 atom stereocenters. The number of hydrogen-bond acceptors (Lipinski definition) is 4. The third-order valence-corrected chi connectivity index (χ3v) is 6.89. The molecule has 2 fully saturated rings. The number of halogens is 1. The van der Waals surface area contributed by atoms with Crippen LogP contribution in [0.3, 0.4) is 0 Å². The van der Waals surface area contributed by atoms with Gasteiger partial charge in [0.1, 0.15) is 11.1 Å². The number of hydrogen-bond donors (Lipinski definition) is 0. The summed E-state index contributed by atoms with van der Waals surface area (Å²) in [5.74, 6) is 1.99. The zero-order valence-electron chi connectivity index (χ0n) is 16.0. The number of rotatable bonds is 7. The Morgan fingerprint density at radius 3 is 2.82 bits per heavy atom. The fraction of sp³-hybridized carbons (Fsp3) is 0.409. The van der Waals surface area contributed by atoms with Gasteiger partial charge in [-0.25, -0.2) is 0 Å².